The minimum atomic E-state index is -0.0251. The number of rotatable bonds is 3. The molecule has 1 amide bonds. The molecular weight excluding hydrogens is 318 g/mol. The average molecular weight is 343 g/mol. The molecule has 24 heavy (non-hydrogen) atoms. The van der Waals surface area contributed by atoms with Crippen molar-refractivity contribution >= 4 is 17.2 Å². The molecule has 3 rings (SSSR count). The molecule has 1 fully saturated rings. The molecule has 0 aliphatic carbocycles. The van der Waals surface area contributed by atoms with E-state index in [1.165, 1.54) is 5.56 Å². The van der Waals surface area contributed by atoms with E-state index in [4.69, 9.17) is 5.73 Å². The van der Waals surface area contributed by atoms with E-state index in [2.05, 4.69) is 44.0 Å². The second-order valence-electron chi connectivity index (χ2n) is 7.39. The summed E-state index contributed by atoms with van der Waals surface area (Å²) in [5.74, 6) is 0.149. The second-order valence-corrected chi connectivity index (χ2v) is 8.25. The van der Waals surface area contributed by atoms with Gasteiger partial charge in [-0.05, 0) is 24.8 Å². The van der Waals surface area contributed by atoms with Gasteiger partial charge >= 0.3 is 0 Å². The van der Waals surface area contributed by atoms with Crippen molar-refractivity contribution in [1.29, 1.82) is 0 Å². The Morgan fingerprint density at radius 2 is 2.25 bits per heavy atom. The van der Waals surface area contributed by atoms with E-state index in [0.717, 1.165) is 35.8 Å². The smallest absolute Gasteiger partial charge is 0.228 e. The molecule has 0 spiro atoms. The van der Waals surface area contributed by atoms with E-state index in [0.29, 0.717) is 6.42 Å². The summed E-state index contributed by atoms with van der Waals surface area (Å²) in [5, 5.41) is 2.97. The number of hydrogen-bond donors (Lipinski definition) is 1. The maximum Gasteiger partial charge on any atom is 0.228 e. The van der Waals surface area contributed by atoms with E-state index in [1.807, 2.05) is 16.3 Å². The summed E-state index contributed by atoms with van der Waals surface area (Å²) in [6, 6.07) is 8.46. The number of thiazole rings is 1. The highest BCUT2D eigenvalue weighted by atomic mass is 32.1. The highest BCUT2D eigenvalue weighted by molar-refractivity contribution is 7.13. The van der Waals surface area contributed by atoms with Gasteiger partial charge in [0.25, 0.3) is 0 Å². The number of nitrogens with two attached hydrogens (primary N) is 1. The van der Waals surface area contributed by atoms with Crippen LogP contribution in [-0.4, -0.2) is 34.9 Å². The maximum atomic E-state index is 12.6. The van der Waals surface area contributed by atoms with Gasteiger partial charge in [-0.1, -0.05) is 37.6 Å². The predicted octanol–water partition coefficient (Wildman–Crippen LogP) is 3.25. The molecule has 1 atom stereocenters. The first kappa shape index (κ1) is 17.1. The van der Waals surface area contributed by atoms with Crippen molar-refractivity contribution in [3.63, 3.8) is 0 Å². The fourth-order valence-electron chi connectivity index (χ4n) is 3.15. The van der Waals surface area contributed by atoms with Gasteiger partial charge in [0.2, 0.25) is 5.91 Å². The molecule has 128 valence electrons. The van der Waals surface area contributed by atoms with Gasteiger partial charge < -0.3 is 10.6 Å². The monoisotopic (exact) mass is 343 g/mol. The number of nitrogens with zero attached hydrogens (tertiary/aromatic N) is 2. The van der Waals surface area contributed by atoms with Crippen molar-refractivity contribution in [2.75, 3.05) is 13.1 Å². The summed E-state index contributed by atoms with van der Waals surface area (Å²) in [4.78, 5) is 19.2. The van der Waals surface area contributed by atoms with Crippen LogP contribution in [0, 0.1) is 12.3 Å². The number of amides is 1. The molecular formula is C19H25N3OS. The first-order valence-corrected chi connectivity index (χ1v) is 9.28. The van der Waals surface area contributed by atoms with Gasteiger partial charge in [-0.15, -0.1) is 11.3 Å². The summed E-state index contributed by atoms with van der Waals surface area (Å²) in [7, 11) is 0. The van der Waals surface area contributed by atoms with Crippen molar-refractivity contribution in [3.8, 4) is 10.6 Å². The van der Waals surface area contributed by atoms with Gasteiger partial charge in [0.05, 0.1) is 12.1 Å². The Balaban J connectivity index is 1.68. The van der Waals surface area contributed by atoms with Crippen LogP contribution in [-0.2, 0) is 11.2 Å². The Morgan fingerprint density at radius 3 is 2.96 bits per heavy atom. The maximum absolute atomic E-state index is 12.6. The molecule has 0 radical (unpaired) electrons. The molecule has 1 aromatic heterocycles. The normalized spacial score (nSPS) is 20.2. The number of carbonyl (C=O) groups is 1. The third-order valence-corrected chi connectivity index (χ3v) is 5.75. The molecule has 0 bridgehead atoms. The van der Waals surface area contributed by atoms with Crippen molar-refractivity contribution < 1.29 is 4.79 Å². The first-order chi connectivity index (χ1) is 11.3. The summed E-state index contributed by atoms with van der Waals surface area (Å²) in [5.41, 5.74) is 9.32. The van der Waals surface area contributed by atoms with E-state index < -0.39 is 0 Å². The van der Waals surface area contributed by atoms with E-state index in [9.17, 15) is 4.79 Å². The van der Waals surface area contributed by atoms with Gasteiger partial charge in [0.1, 0.15) is 5.01 Å². The lowest BCUT2D eigenvalue weighted by Crippen LogP contribution is -2.54. The topological polar surface area (TPSA) is 59.2 Å². The Morgan fingerprint density at radius 1 is 1.46 bits per heavy atom. The lowest BCUT2D eigenvalue weighted by molar-refractivity contribution is -0.133. The van der Waals surface area contributed by atoms with E-state index in [1.54, 1.807) is 11.3 Å². The average Bonchev–Trinajstić information content (AvgIpc) is 2.98. The minimum absolute atomic E-state index is 0.0251. The van der Waals surface area contributed by atoms with Gasteiger partial charge in [-0.3, -0.25) is 4.79 Å². The molecule has 1 unspecified atom stereocenters. The Bertz CT molecular complexity index is 738. The number of aryl methyl sites for hydroxylation is 1. The van der Waals surface area contributed by atoms with E-state index in [-0.39, 0.29) is 17.4 Å². The standard InChI is InChI=1S/C19H25N3OS/c1-13-5-4-6-14(9-13)18-21-15(11-24-18)10-17(23)22-8-7-16(20)19(2,3)12-22/h4-6,9,11,16H,7-8,10,12,20H2,1-3H3. The fraction of sp³-hybridized carbons (Fsp3) is 0.474. The summed E-state index contributed by atoms with van der Waals surface area (Å²) in [6.07, 6.45) is 1.23. The third kappa shape index (κ3) is 3.68. The van der Waals surface area contributed by atoms with Crippen molar-refractivity contribution in [2.45, 2.75) is 39.7 Å². The Labute approximate surface area is 147 Å². The van der Waals surface area contributed by atoms with E-state index >= 15 is 0 Å². The zero-order valence-corrected chi connectivity index (χ0v) is 15.4. The SMILES string of the molecule is Cc1cccc(-c2nc(CC(=O)N3CCC(N)C(C)(C)C3)cs2)c1. The number of piperidine rings is 1. The molecule has 2 N–H and O–H groups in total. The van der Waals surface area contributed by atoms with Gasteiger partial charge in [0, 0.05) is 30.1 Å². The van der Waals surface area contributed by atoms with Crippen LogP contribution in [0.5, 0.6) is 0 Å². The highest BCUT2D eigenvalue weighted by Gasteiger charge is 2.35. The van der Waals surface area contributed by atoms with Crippen molar-refractivity contribution in [1.82, 2.24) is 9.88 Å². The van der Waals surface area contributed by atoms with Crippen molar-refractivity contribution in [3.05, 3.63) is 40.9 Å². The number of aromatic nitrogens is 1. The minimum Gasteiger partial charge on any atom is -0.342 e. The predicted molar refractivity (Wildman–Crippen MR) is 98.9 cm³/mol. The van der Waals surface area contributed by atoms with Gasteiger partial charge in [0.15, 0.2) is 0 Å². The molecule has 1 aliphatic rings. The van der Waals surface area contributed by atoms with Crippen LogP contribution in [0.25, 0.3) is 10.6 Å². The lowest BCUT2D eigenvalue weighted by Gasteiger charge is -2.42. The summed E-state index contributed by atoms with van der Waals surface area (Å²) in [6.45, 7) is 7.82. The van der Waals surface area contributed by atoms with Crippen LogP contribution < -0.4 is 5.73 Å². The van der Waals surface area contributed by atoms with Crippen LogP contribution in [0.4, 0.5) is 0 Å². The third-order valence-electron chi connectivity index (χ3n) is 4.81. The molecule has 1 saturated heterocycles. The van der Waals surface area contributed by atoms with Crippen LogP contribution in [0.1, 0.15) is 31.5 Å². The number of hydrogen-bond acceptors (Lipinski definition) is 4. The lowest BCUT2D eigenvalue weighted by atomic mass is 9.79. The molecule has 1 aromatic carbocycles. The first-order valence-electron chi connectivity index (χ1n) is 8.40. The quantitative estimate of drug-likeness (QED) is 0.931. The van der Waals surface area contributed by atoms with Crippen LogP contribution in [0.15, 0.2) is 29.6 Å². The van der Waals surface area contributed by atoms with Gasteiger partial charge in [-0.2, -0.15) is 0 Å². The Kier molecular flexibility index (Phi) is 4.74. The molecule has 5 heteroatoms. The van der Waals surface area contributed by atoms with Crippen LogP contribution >= 0.6 is 11.3 Å². The zero-order chi connectivity index (χ0) is 17.3. The summed E-state index contributed by atoms with van der Waals surface area (Å²) >= 11 is 1.60. The molecule has 4 nitrogen and oxygen atoms in total. The Hall–Kier alpha value is -1.72. The fourth-order valence-corrected chi connectivity index (χ4v) is 3.97. The number of carbonyl (C=O) groups excluding carboxylic acids is 1. The number of likely N-dealkylation sites (tertiary alicyclic amines) is 1. The van der Waals surface area contributed by atoms with Crippen molar-refractivity contribution in [2.24, 2.45) is 11.1 Å². The van der Waals surface area contributed by atoms with Gasteiger partial charge in [-0.25, -0.2) is 4.98 Å². The second kappa shape index (κ2) is 6.65. The number of benzene rings is 1. The summed E-state index contributed by atoms with van der Waals surface area (Å²) < 4.78 is 0. The molecule has 0 saturated carbocycles. The molecule has 1 aliphatic heterocycles. The van der Waals surface area contributed by atoms with Crippen LogP contribution in [0.3, 0.4) is 0 Å². The molecule has 2 aromatic rings. The highest BCUT2D eigenvalue weighted by Crippen LogP contribution is 2.29. The molecule has 2 heterocycles. The largest absolute Gasteiger partial charge is 0.342 e. The zero-order valence-electron chi connectivity index (χ0n) is 14.6. The van der Waals surface area contributed by atoms with Crippen LogP contribution in [0.2, 0.25) is 0 Å².